The minimum absolute atomic E-state index is 0.0859. The Morgan fingerprint density at radius 3 is 2.50 bits per heavy atom. The Labute approximate surface area is 247 Å². The zero-order valence-electron chi connectivity index (χ0n) is 25.3. The van der Waals surface area contributed by atoms with Crippen molar-refractivity contribution in [3.8, 4) is 0 Å². The van der Waals surface area contributed by atoms with Gasteiger partial charge in [-0.3, -0.25) is 4.79 Å². The topological polar surface area (TPSA) is 106 Å². The Bertz CT molecular complexity index is 1460. The van der Waals surface area contributed by atoms with Crippen LogP contribution in [0.3, 0.4) is 0 Å². The molecule has 3 aliphatic rings. The molecule has 2 saturated heterocycles. The Hall–Kier alpha value is -3.37. The molecular formula is C32H41BN4O5. The molecule has 1 aliphatic carbocycles. The number of ether oxygens (including phenoxy) is 1. The van der Waals surface area contributed by atoms with Gasteiger partial charge in [-0.25, -0.2) is 9.78 Å². The molecule has 2 amide bonds. The van der Waals surface area contributed by atoms with Gasteiger partial charge in [0.15, 0.2) is 0 Å². The average molecular weight is 573 g/mol. The van der Waals surface area contributed by atoms with Crippen LogP contribution in [0.4, 0.5) is 4.79 Å². The monoisotopic (exact) mass is 572 g/mol. The number of fused-ring (bicyclic) bond motifs is 3. The van der Waals surface area contributed by atoms with Crippen molar-refractivity contribution in [2.75, 3.05) is 0 Å². The lowest BCUT2D eigenvalue weighted by Gasteiger charge is -2.37. The predicted molar refractivity (Wildman–Crippen MR) is 161 cm³/mol. The van der Waals surface area contributed by atoms with Crippen LogP contribution in [0.25, 0.3) is 11.0 Å². The molecule has 10 heteroatoms. The largest absolute Gasteiger partial charge is 0.494 e. The molecule has 2 aliphatic heterocycles. The molecule has 3 fully saturated rings. The van der Waals surface area contributed by atoms with E-state index in [2.05, 4.69) is 10.3 Å². The number of aromatic amines is 1. The molecule has 42 heavy (non-hydrogen) atoms. The van der Waals surface area contributed by atoms with Crippen LogP contribution in [0.5, 0.6) is 0 Å². The van der Waals surface area contributed by atoms with Gasteiger partial charge in [-0.2, -0.15) is 0 Å². The van der Waals surface area contributed by atoms with Crippen LogP contribution in [0.2, 0.25) is 0 Å². The highest BCUT2D eigenvalue weighted by Crippen LogP contribution is 2.50. The minimum atomic E-state index is -0.700. The van der Waals surface area contributed by atoms with Crippen molar-refractivity contribution in [3.63, 3.8) is 0 Å². The second kappa shape index (κ2) is 10.7. The number of hydrogen-bond acceptors (Lipinski definition) is 6. The van der Waals surface area contributed by atoms with Gasteiger partial charge in [-0.15, -0.1) is 0 Å². The van der Waals surface area contributed by atoms with Crippen LogP contribution in [0.15, 0.2) is 48.5 Å². The van der Waals surface area contributed by atoms with E-state index in [4.69, 9.17) is 19.0 Å². The maximum Gasteiger partial charge on any atom is 0.494 e. The van der Waals surface area contributed by atoms with E-state index in [9.17, 15) is 9.59 Å². The summed E-state index contributed by atoms with van der Waals surface area (Å²) in [5.41, 5.74) is 2.69. The predicted octanol–water partition coefficient (Wildman–Crippen LogP) is 4.87. The molecule has 6 rings (SSSR count). The van der Waals surface area contributed by atoms with Gasteiger partial charge in [-0.05, 0) is 82.0 Å². The summed E-state index contributed by atoms with van der Waals surface area (Å²) in [5, 5.41) is 2.86. The lowest BCUT2D eigenvalue weighted by atomic mass is 9.79. The fourth-order valence-corrected chi connectivity index (χ4v) is 6.54. The first-order valence-corrected chi connectivity index (χ1v) is 15.1. The Morgan fingerprint density at radius 1 is 1.10 bits per heavy atom. The molecule has 1 saturated carbocycles. The third-order valence-corrected chi connectivity index (χ3v) is 9.59. The average Bonchev–Trinajstić information content (AvgIpc) is 3.71. The number of imidazole rings is 1. The molecule has 4 atom stereocenters. The first kappa shape index (κ1) is 28.7. The van der Waals surface area contributed by atoms with E-state index >= 15 is 0 Å². The number of hydrogen-bond donors (Lipinski definition) is 2. The van der Waals surface area contributed by atoms with Crippen LogP contribution in [0.1, 0.15) is 78.2 Å². The van der Waals surface area contributed by atoms with E-state index in [1.807, 2.05) is 95.0 Å². The molecular weight excluding hydrogens is 531 g/mol. The molecule has 3 heterocycles. The van der Waals surface area contributed by atoms with Crippen LogP contribution >= 0.6 is 0 Å². The maximum atomic E-state index is 14.1. The van der Waals surface area contributed by atoms with E-state index in [-0.39, 0.29) is 30.5 Å². The summed E-state index contributed by atoms with van der Waals surface area (Å²) >= 11 is 0. The number of amides is 2. The van der Waals surface area contributed by atoms with Crippen molar-refractivity contribution in [1.29, 1.82) is 0 Å². The van der Waals surface area contributed by atoms with E-state index in [0.29, 0.717) is 5.92 Å². The number of piperidine rings is 1. The third kappa shape index (κ3) is 5.19. The second-order valence-electron chi connectivity index (χ2n) is 13.3. The summed E-state index contributed by atoms with van der Waals surface area (Å²) < 4.78 is 18.0. The van der Waals surface area contributed by atoms with Crippen molar-refractivity contribution in [2.24, 2.45) is 11.8 Å². The van der Waals surface area contributed by atoms with E-state index in [1.165, 1.54) is 0 Å². The van der Waals surface area contributed by atoms with Gasteiger partial charge in [0, 0.05) is 6.04 Å². The van der Waals surface area contributed by atoms with Gasteiger partial charge in [0.05, 0.1) is 28.3 Å². The van der Waals surface area contributed by atoms with Crippen LogP contribution in [-0.2, 0) is 25.4 Å². The standard InChI is InChI=1S/C32H41BN4O5/c1-19(2)26(36-30(39)40-18-20-10-8-7-9-11-20)29(38)37-23-14-12-21(16-23)27(37)28-34-24-15-13-22(17-25(24)35-28)33-41-31(3,4)32(5,6)42-33/h7-11,13,15,17,19,21,23,26-27H,12,14,16,18H2,1-6H3,(H,34,35)(H,36,39)/t21-,23+,26?,27-/m1/s1. The van der Waals surface area contributed by atoms with Gasteiger partial charge in [0.25, 0.3) is 0 Å². The quantitative estimate of drug-likeness (QED) is 0.392. The van der Waals surface area contributed by atoms with Gasteiger partial charge in [0.1, 0.15) is 18.5 Å². The zero-order chi connectivity index (χ0) is 29.8. The lowest BCUT2D eigenvalue weighted by molar-refractivity contribution is -0.139. The Kier molecular flexibility index (Phi) is 7.34. The first-order valence-electron chi connectivity index (χ1n) is 15.1. The SMILES string of the molecule is CC(C)C(NC(=O)OCc1ccccc1)C(=O)N1[C@H]2CC[C@H](C2)[C@@H]1c1nc2ccc(B3OC(C)(C)C(C)(C)O3)cc2[nH]1. The molecule has 1 unspecified atom stereocenters. The summed E-state index contributed by atoms with van der Waals surface area (Å²) in [6.07, 6.45) is 2.36. The molecule has 2 bridgehead atoms. The smallest absolute Gasteiger partial charge is 0.445 e. The second-order valence-corrected chi connectivity index (χ2v) is 13.3. The highest BCUT2D eigenvalue weighted by molar-refractivity contribution is 6.62. The molecule has 9 nitrogen and oxygen atoms in total. The van der Waals surface area contributed by atoms with Gasteiger partial charge in [0.2, 0.25) is 5.91 Å². The number of benzene rings is 2. The maximum absolute atomic E-state index is 14.1. The highest BCUT2D eigenvalue weighted by Gasteiger charge is 2.53. The lowest BCUT2D eigenvalue weighted by Crippen LogP contribution is -2.54. The Balaban J connectivity index is 1.21. The third-order valence-electron chi connectivity index (χ3n) is 9.59. The minimum Gasteiger partial charge on any atom is -0.445 e. The molecule has 1 aromatic heterocycles. The fraction of sp³-hybridized carbons (Fsp3) is 0.531. The van der Waals surface area contributed by atoms with E-state index in [1.54, 1.807) is 0 Å². The van der Waals surface area contributed by atoms with Crippen LogP contribution < -0.4 is 10.8 Å². The van der Waals surface area contributed by atoms with Crippen molar-refractivity contribution in [1.82, 2.24) is 20.2 Å². The number of nitrogens with zero attached hydrogens (tertiary/aromatic N) is 2. The number of likely N-dealkylation sites (tertiary alicyclic amines) is 1. The summed E-state index contributed by atoms with van der Waals surface area (Å²) in [5.74, 6) is 0.905. The molecule has 222 valence electrons. The number of aromatic nitrogens is 2. The fourth-order valence-electron chi connectivity index (χ4n) is 6.54. The summed E-state index contributed by atoms with van der Waals surface area (Å²) in [6, 6.07) is 14.8. The first-order chi connectivity index (χ1) is 19.9. The highest BCUT2D eigenvalue weighted by atomic mass is 16.7. The number of carbonyl (C=O) groups is 2. The van der Waals surface area contributed by atoms with Crippen molar-refractivity contribution in [3.05, 3.63) is 59.9 Å². The van der Waals surface area contributed by atoms with Crippen molar-refractivity contribution in [2.45, 2.75) is 96.7 Å². The number of nitrogens with one attached hydrogen (secondary N) is 2. The van der Waals surface area contributed by atoms with Gasteiger partial charge in [-0.1, -0.05) is 50.2 Å². The molecule has 0 radical (unpaired) electrons. The number of alkyl carbamates (subject to hydrolysis) is 1. The van der Waals surface area contributed by atoms with Crippen LogP contribution in [0, 0.1) is 11.8 Å². The number of rotatable bonds is 7. The molecule has 2 N–H and O–H groups in total. The molecule has 3 aromatic rings. The van der Waals surface area contributed by atoms with Crippen LogP contribution in [-0.4, -0.2) is 57.3 Å². The molecule has 0 spiro atoms. The van der Waals surface area contributed by atoms with E-state index in [0.717, 1.165) is 47.1 Å². The van der Waals surface area contributed by atoms with Crippen molar-refractivity contribution >= 4 is 35.6 Å². The number of carbonyl (C=O) groups excluding carboxylic acids is 2. The van der Waals surface area contributed by atoms with Gasteiger partial charge >= 0.3 is 13.2 Å². The number of H-pyrrole nitrogens is 1. The molecule has 2 aromatic carbocycles. The Morgan fingerprint density at radius 2 is 1.81 bits per heavy atom. The zero-order valence-corrected chi connectivity index (χ0v) is 25.3. The summed E-state index contributed by atoms with van der Waals surface area (Å²) in [7, 11) is -0.466. The summed E-state index contributed by atoms with van der Waals surface area (Å²) in [6.45, 7) is 12.2. The van der Waals surface area contributed by atoms with Crippen molar-refractivity contribution < 1.29 is 23.6 Å². The van der Waals surface area contributed by atoms with E-state index < -0.39 is 30.5 Å². The normalized spacial score (nSPS) is 24.9. The summed E-state index contributed by atoms with van der Waals surface area (Å²) in [4.78, 5) is 37.3. The van der Waals surface area contributed by atoms with Gasteiger partial charge < -0.3 is 29.2 Å².